The van der Waals surface area contributed by atoms with E-state index in [-0.39, 0.29) is 0 Å². The molecule has 0 radical (unpaired) electrons. The smallest absolute Gasteiger partial charge is 0.131 e. The van der Waals surface area contributed by atoms with E-state index in [2.05, 4.69) is 11.9 Å². The van der Waals surface area contributed by atoms with E-state index >= 15 is 0 Å². The Bertz CT molecular complexity index is 364. The number of nitrogens with two attached hydrogens (primary N) is 1. The second kappa shape index (κ2) is 5.61. The molecule has 1 aromatic rings. The molecule has 0 aliphatic rings. The Morgan fingerprint density at radius 2 is 2.27 bits per heavy atom. The van der Waals surface area contributed by atoms with Gasteiger partial charge in [0.25, 0.3) is 0 Å². The molecule has 82 valence electrons. The van der Waals surface area contributed by atoms with Gasteiger partial charge in [-0.25, -0.2) is 0 Å². The molecule has 0 bridgehead atoms. The number of amidine groups is 1. The van der Waals surface area contributed by atoms with E-state index in [1.54, 1.807) is 19.2 Å². The normalized spacial score (nSPS) is 11.5. The summed E-state index contributed by atoms with van der Waals surface area (Å²) in [6, 6.07) is 5.31. The SMILES string of the molecule is CCCN=C(N)c1ccc(Cl)cc1OC. The lowest BCUT2D eigenvalue weighted by Crippen LogP contribution is -2.15. The molecule has 1 aromatic carbocycles. The zero-order chi connectivity index (χ0) is 11.3. The Morgan fingerprint density at radius 1 is 1.53 bits per heavy atom. The standard InChI is InChI=1S/C11H15ClN2O/c1-3-6-14-11(13)9-5-4-8(12)7-10(9)15-2/h4-5,7H,3,6H2,1-2H3,(H2,13,14). The summed E-state index contributed by atoms with van der Waals surface area (Å²) in [5, 5.41) is 0.624. The van der Waals surface area contributed by atoms with Gasteiger partial charge in [-0.15, -0.1) is 0 Å². The average molecular weight is 227 g/mol. The fraction of sp³-hybridized carbons (Fsp3) is 0.364. The zero-order valence-electron chi connectivity index (χ0n) is 8.96. The third-order valence-corrected chi connectivity index (χ3v) is 2.18. The fourth-order valence-corrected chi connectivity index (χ4v) is 1.36. The van der Waals surface area contributed by atoms with Crippen LogP contribution < -0.4 is 10.5 Å². The lowest BCUT2D eigenvalue weighted by Gasteiger charge is -2.08. The maximum atomic E-state index is 5.84. The number of halogens is 1. The van der Waals surface area contributed by atoms with Gasteiger partial charge < -0.3 is 10.5 Å². The predicted molar refractivity (Wildman–Crippen MR) is 63.9 cm³/mol. The highest BCUT2D eigenvalue weighted by Gasteiger charge is 2.06. The van der Waals surface area contributed by atoms with E-state index in [4.69, 9.17) is 22.1 Å². The van der Waals surface area contributed by atoms with Crippen LogP contribution in [0.25, 0.3) is 0 Å². The Labute approximate surface area is 94.9 Å². The summed E-state index contributed by atoms with van der Waals surface area (Å²) >= 11 is 5.84. The highest BCUT2D eigenvalue weighted by molar-refractivity contribution is 6.30. The first kappa shape index (κ1) is 11.9. The molecule has 1 rings (SSSR count). The molecule has 0 unspecified atom stereocenters. The highest BCUT2D eigenvalue weighted by Crippen LogP contribution is 2.22. The number of benzene rings is 1. The summed E-state index contributed by atoms with van der Waals surface area (Å²) in [5.41, 5.74) is 6.62. The van der Waals surface area contributed by atoms with Gasteiger partial charge in [0.05, 0.1) is 12.7 Å². The fourth-order valence-electron chi connectivity index (χ4n) is 1.19. The van der Waals surface area contributed by atoms with Crippen molar-refractivity contribution in [2.24, 2.45) is 10.7 Å². The minimum Gasteiger partial charge on any atom is -0.496 e. The number of hydrogen-bond donors (Lipinski definition) is 1. The molecule has 0 aliphatic carbocycles. The molecule has 0 spiro atoms. The molecule has 0 saturated heterocycles. The Kier molecular flexibility index (Phi) is 4.43. The number of ether oxygens (including phenoxy) is 1. The second-order valence-electron chi connectivity index (χ2n) is 3.11. The molecule has 0 fully saturated rings. The van der Waals surface area contributed by atoms with E-state index in [0.29, 0.717) is 16.6 Å². The molecule has 0 atom stereocenters. The summed E-state index contributed by atoms with van der Waals surface area (Å²) in [7, 11) is 1.59. The molecular weight excluding hydrogens is 212 g/mol. The van der Waals surface area contributed by atoms with Crippen molar-refractivity contribution in [1.82, 2.24) is 0 Å². The van der Waals surface area contributed by atoms with Crippen LogP contribution in [0.5, 0.6) is 5.75 Å². The summed E-state index contributed by atoms with van der Waals surface area (Å²) in [6.45, 7) is 2.77. The second-order valence-corrected chi connectivity index (χ2v) is 3.55. The molecule has 3 nitrogen and oxygen atoms in total. The van der Waals surface area contributed by atoms with Crippen molar-refractivity contribution in [2.45, 2.75) is 13.3 Å². The third-order valence-electron chi connectivity index (χ3n) is 1.95. The largest absolute Gasteiger partial charge is 0.496 e. The van der Waals surface area contributed by atoms with Crippen molar-refractivity contribution in [2.75, 3.05) is 13.7 Å². The van der Waals surface area contributed by atoms with Crippen LogP contribution in [0.2, 0.25) is 5.02 Å². The molecule has 0 aromatic heterocycles. The number of aliphatic imine (C=N–C) groups is 1. The van der Waals surface area contributed by atoms with Crippen LogP contribution in [0.4, 0.5) is 0 Å². The first-order valence-corrected chi connectivity index (χ1v) is 5.20. The summed E-state index contributed by atoms with van der Waals surface area (Å²) in [4.78, 5) is 4.22. The third kappa shape index (κ3) is 3.13. The molecule has 0 aliphatic heterocycles. The molecule has 2 N–H and O–H groups in total. The summed E-state index contributed by atoms with van der Waals surface area (Å²) < 4.78 is 5.18. The van der Waals surface area contributed by atoms with Gasteiger partial charge in [-0.1, -0.05) is 18.5 Å². The van der Waals surface area contributed by atoms with Crippen molar-refractivity contribution in [3.63, 3.8) is 0 Å². The minimum absolute atomic E-state index is 0.491. The van der Waals surface area contributed by atoms with Crippen LogP contribution in [0.15, 0.2) is 23.2 Å². The van der Waals surface area contributed by atoms with Crippen molar-refractivity contribution in [1.29, 1.82) is 0 Å². The maximum Gasteiger partial charge on any atom is 0.131 e. The molecule has 0 amide bonds. The van der Waals surface area contributed by atoms with Crippen LogP contribution >= 0.6 is 11.6 Å². The van der Waals surface area contributed by atoms with Crippen LogP contribution in [0.1, 0.15) is 18.9 Å². The highest BCUT2D eigenvalue weighted by atomic mass is 35.5. The van der Waals surface area contributed by atoms with Gasteiger partial charge in [-0.2, -0.15) is 0 Å². The predicted octanol–water partition coefficient (Wildman–Crippen LogP) is 2.46. The summed E-state index contributed by atoms with van der Waals surface area (Å²) in [5.74, 6) is 1.14. The van der Waals surface area contributed by atoms with Crippen molar-refractivity contribution >= 4 is 17.4 Å². The van der Waals surface area contributed by atoms with Gasteiger partial charge in [0, 0.05) is 11.6 Å². The molecule has 4 heteroatoms. The van der Waals surface area contributed by atoms with E-state index in [1.807, 2.05) is 6.07 Å². The Balaban J connectivity index is 3.02. The number of rotatable bonds is 4. The van der Waals surface area contributed by atoms with Gasteiger partial charge >= 0.3 is 0 Å². The first-order chi connectivity index (χ1) is 7.19. The quantitative estimate of drug-likeness (QED) is 0.633. The van der Waals surface area contributed by atoms with Crippen LogP contribution in [0.3, 0.4) is 0 Å². The molecule has 15 heavy (non-hydrogen) atoms. The van der Waals surface area contributed by atoms with Gasteiger partial charge in [0.1, 0.15) is 11.6 Å². The topological polar surface area (TPSA) is 47.6 Å². The van der Waals surface area contributed by atoms with E-state index < -0.39 is 0 Å². The van der Waals surface area contributed by atoms with Gasteiger partial charge in [-0.3, -0.25) is 4.99 Å². The Hall–Kier alpha value is -1.22. The first-order valence-electron chi connectivity index (χ1n) is 4.83. The van der Waals surface area contributed by atoms with Crippen LogP contribution in [-0.2, 0) is 0 Å². The summed E-state index contributed by atoms with van der Waals surface area (Å²) in [6.07, 6.45) is 0.969. The van der Waals surface area contributed by atoms with E-state index in [1.165, 1.54) is 0 Å². The number of methoxy groups -OCH3 is 1. The van der Waals surface area contributed by atoms with Gasteiger partial charge in [-0.05, 0) is 24.6 Å². The van der Waals surface area contributed by atoms with Gasteiger partial charge in [0.15, 0.2) is 0 Å². The van der Waals surface area contributed by atoms with Crippen molar-refractivity contribution in [3.8, 4) is 5.75 Å². The van der Waals surface area contributed by atoms with Crippen LogP contribution in [0, 0.1) is 0 Å². The average Bonchev–Trinajstić information content (AvgIpc) is 2.25. The maximum absolute atomic E-state index is 5.84. The monoisotopic (exact) mass is 226 g/mol. The number of nitrogens with zero attached hydrogens (tertiary/aromatic N) is 1. The van der Waals surface area contributed by atoms with E-state index in [0.717, 1.165) is 18.5 Å². The molecule has 0 heterocycles. The number of hydrogen-bond acceptors (Lipinski definition) is 2. The van der Waals surface area contributed by atoms with Crippen LogP contribution in [-0.4, -0.2) is 19.5 Å². The molecular formula is C11H15ClN2O. The Morgan fingerprint density at radius 3 is 2.87 bits per heavy atom. The van der Waals surface area contributed by atoms with Crippen molar-refractivity contribution < 1.29 is 4.74 Å². The van der Waals surface area contributed by atoms with Crippen molar-refractivity contribution in [3.05, 3.63) is 28.8 Å². The van der Waals surface area contributed by atoms with E-state index in [9.17, 15) is 0 Å². The zero-order valence-corrected chi connectivity index (χ0v) is 9.71. The molecule has 0 saturated carbocycles. The minimum atomic E-state index is 0.491. The van der Waals surface area contributed by atoms with Gasteiger partial charge in [0.2, 0.25) is 0 Å². The lowest BCUT2D eigenvalue weighted by atomic mass is 10.2. The lowest BCUT2D eigenvalue weighted by molar-refractivity contribution is 0.414.